The highest BCUT2D eigenvalue weighted by atomic mass is 35.5. The van der Waals surface area contributed by atoms with Crippen molar-refractivity contribution in [3.63, 3.8) is 0 Å². The molecule has 9 heteroatoms. The lowest BCUT2D eigenvalue weighted by Crippen LogP contribution is -2.27. The van der Waals surface area contributed by atoms with Crippen LogP contribution >= 0.6 is 11.6 Å². The topological polar surface area (TPSA) is 126 Å². The fraction of sp³-hybridized carbons (Fsp3) is 0.196. The molecule has 6 aromatic rings. The van der Waals surface area contributed by atoms with Gasteiger partial charge in [-0.1, -0.05) is 116 Å². The number of fused-ring (bicyclic) bond motifs is 2. The van der Waals surface area contributed by atoms with Gasteiger partial charge in [-0.05, 0) is 64.2 Å². The molecule has 1 amide bonds. The normalized spacial score (nSPS) is 11.4. The van der Waals surface area contributed by atoms with Crippen molar-refractivity contribution in [1.82, 2.24) is 6.15 Å². The summed E-state index contributed by atoms with van der Waals surface area (Å²) in [7, 11) is 0. The van der Waals surface area contributed by atoms with Crippen molar-refractivity contribution in [2.24, 2.45) is 5.92 Å². The quantitative estimate of drug-likeness (QED) is 0.0479. The Kier molecular flexibility index (Phi) is 14.7. The van der Waals surface area contributed by atoms with Gasteiger partial charge in [-0.15, -0.1) is 11.6 Å². The molecule has 0 saturated carbocycles. The Morgan fingerprint density at radius 1 is 0.727 bits per heavy atom. The summed E-state index contributed by atoms with van der Waals surface area (Å²) < 4.78 is 18.1. The number of nitrogens with one attached hydrogen (secondary N) is 1. The molecule has 1 atom stereocenters. The lowest BCUT2D eigenvalue weighted by molar-refractivity contribution is -0.127. The second-order valence-electron chi connectivity index (χ2n) is 13.0. The number of anilines is 1. The first-order valence-corrected chi connectivity index (χ1v) is 18.5. The van der Waals surface area contributed by atoms with Crippen molar-refractivity contribution in [2.45, 2.75) is 25.9 Å². The Hall–Kier alpha value is -5.80. The van der Waals surface area contributed by atoms with Crippen molar-refractivity contribution < 1.29 is 28.6 Å². The summed E-state index contributed by atoms with van der Waals surface area (Å²) in [6.07, 6.45) is 2.62. The van der Waals surface area contributed by atoms with Gasteiger partial charge in [0.2, 0.25) is 5.91 Å². The molecule has 0 heterocycles. The number of hydrogen-bond acceptors (Lipinski definition) is 7. The van der Waals surface area contributed by atoms with E-state index in [1.807, 2.05) is 103 Å². The first-order valence-electron chi connectivity index (χ1n) is 18.0. The molecule has 0 aliphatic rings. The number of benzene rings is 6. The molecule has 0 fully saturated rings. The van der Waals surface area contributed by atoms with Crippen LogP contribution < -0.4 is 20.9 Å². The van der Waals surface area contributed by atoms with Gasteiger partial charge in [0, 0.05) is 40.6 Å². The second-order valence-corrected chi connectivity index (χ2v) is 13.3. The first-order chi connectivity index (χ1) is 26.4. The standard InChI is InChI=1S/C46H42ClNO6.H3N/c1-2-26-53-42-23-21-33-14-6-8-19-39(33)44(42)45-40-20-9-7-15-34(40)22-24-43(45)54-30-38(49)28-36(17-11-25-47)46(51)48-37-18-10-16-35(27-37)41(50)31-52-29-32-12-4-3-5-13-32;/h2-10,12-16,18-24,27,36H,1,11,17,25-26,28-31H2,(H,48,51);1H3/t36-;/m0./s1. The van der Waals surface area contributed by atoms with Crippen molar-refractivity contribution in [3.8, 4) is 22.6 Å². The molecule has 6 aromatic carbocycles. The highest BCUT2D eigenvalue weighted by Crippen LogP contribution is 2.45. The maximum atomic E-state index is 13.6. The molecule has 0 aromatic heterocycles. The molecule has 6 rings (SSSR count). The highest BCUT2D eigenvalue weighted by molar-refractivity contribution is 6.17. The van der Waals surface area contributed by atoms with Crippen LogP contribution in [0, 0.1) is 5.92 Å². The van der Waals surface area contributed by atoms with Gasteiger partial charge in [0.15, 0.2) is 11.6 Å². The van der Waals surface area contributed by atoms with Crippen molar-refractivity contribution in [2.75, 3.05) is 31.0 Å². The lowest BCUT2D eigenvalue weighted by atomic mass is 9.92. The lowest BCUT2D eigenvalue weighted by Gasteiger charge is -2.20. The Bertz CT molecular complexity index is 2260. The highest BCUT2D eigenvalue weighted by Gasteiger charge is 2.24. The zero-order valence-corrected chi connectivity index (χ0v) is 31.4. The van der Waals surface area contributed by atoms with Crippen LogP contribution in [-0.2, 0) is 20.9 Å². The molecule has 0 aliphatic carbocycles. The van der Waals surface area contributed by atoms with E-state index in [2.05, 4.69) is 11.9 Å². The molecule has 0 bridgehead atoms. The van der Waals surface area contributed by atoms with Crippen LogP contribution in [0.1, 0.15) is 35.2 Å². The molecule has 282 valence electrons. The predicted octanol–water partition coefficient (Wildman–Crippen LogP) is 10.4. The van der Waals surface area contributed by atoms with E-state index in [0.29, 0.717) is 54.7 Å². The third kappa shape index (κ3) is 10.5. The monoisotopic (exact) mass is 756 g/mol. The number of alkyl halides is 1. The van der Waals surface area contributed by atoms with E-state index >= 15 is 0 Å². The van der Waals surface area contributed by atoms with Crippen LogP contribution in [0.5, 0.6) is 11.5 Å². The number of carbonyl (C=O) groups is 3. The molecule has 0 aliphatic heterocycles. The minimum Gasteiger partial charge on any atom is -0.489 e. The number of rotatable bonds is 19. The van der Waals surface area contributed by atoms with Crippen LogP contribution in [0.3, 0.4) is 0 Å². The van der Waals surface area contributed by atoms with E-state index in [1.54, 1.807) is 30.3 Å². The summed E-state index contributed by atoms with van der Waals surface area (Å²) in [5.41, 5.74) is 3.52. The average Bonchev–Trinajstić information content (AvgIpc) is 3.20. The molecule has 8 nitrogen and oxygen atoms in total. The van der Waals surface area contributed by atoms with E-state index in [1.165, 1.54) is 0 Å². The van der Waals surface area contributed by atoms with Gasteiger partial charge in [0.25, 0.3) is 0 Å². The zero-order valence-electron chi connectivity index (χ0n) is 30.7. The van der Waals surface area contributed by atoms with Crippen LogP contribution in [-0.4, -0.2) is 43.2 Å². The van der Waals surface area contributed by atoms with Gasteiger partial charge in [-0.25, -0.2) is 0 Å². The Balaban J connectivity index is 0.00000580. The fourth-order valence-electron chi connectivity index (χ4n) is 6.48. The molecule has 4 N–H and O–H groups in total. The van der Waals surface area contributed by atoms with E-state index in [9.17, 15) is 14.4 Å². The third-order valence-electron chi connectivity index (χ3n) is 9.10. The second kappa shape index (κ2) is 20.0. The summed E-state index contributed by atoms with van der Waals surface area (Å²) >= 11 is 6.03. The molecular weight excluding hydrogens is 712 g/mol. The van der Waals surface area contributed by atoms with Crippen LogP contribution in [0.4, 0.5) is 5.69 Å². The maximum Gasteiger partial charge on any atom is 0.227 e. The molecule has 0 radical (unpaired) electrons. The minimum absolute atomic E-state index is 0. The van der Waals surface area contributed by atoms with Gasteiger partial charge < -0.3 is 25.7 Å². The zero-order chi connectivity index (χ0) is 37.7. The van der Waals surface area contributed by atoms with Crippen molar-refractivity contribution in [3.05, 3.63) is 151 Å². The number of halogens is 1. The molecular formula is C46H45ClN2O6. The average molecular weight is 757 g/mol. The van der Waals surface area contributed by atoms with Gasteiger partial charge in [-0.3, -0.25) is 14.4 Å². The molecule has 0 unspecified atom stereocenters. The number of ketones is 2. The van der Waals surface area contributed by atoms with E-state index in [4.69, 9.17) is 25.8 Å². The van der Waals surface area contributed by atoms with Crippen LogP contribution in [0.15, 0.2) is 140 Å². The Morgan fingerprint density at radius 3 is 2.02 bits per heavy atom. The summed E-state index contributed by atoms with van der Waals surface area (Å²) in [4.78, 5) is 40.1. The minimum atomic E-state index is -0.651. The predicted molar refractivity (Wildman–Crippen MR) is 222 cm³/mol. The Labute approximate surface area is 326 Å². The van der Waals surface area contributed by atoms with Crippen LogP contribution in [0.25, 0.3) is 32.7 Å². The summed E-state index contributed by atoms with van der Waals surface area (Å²) in [5, 5.41) is 6.89. The number of carbonyl (C=O) groups excluding carboxylic acids is 3. The number of Topliss-reactive ketones (excluding diaryl/α,β-unsaturated/α-hetero) is 2. The van der Waals surface area contributed by atoms with Gasteiger partial charge in [-0.2, -0.15) is 0 Å². The van der Waals surface area contributed by atoms with Gasteiger partial charge in [0.1, 0.15) is 31.3 Å². The summed E-state index contributed by atoms with van der Waals surface area (Å²) in [6.45, 7) is 4.13. The Morgan fingerprint density at radius 2 is 1.36 bits per heavy atom. The van der Waals surface area contributed by atoms with E-state index in [-0.39, 0.29) is 43.3 Å². The van der Waals surface area contributed by atoms with Crippen molar-refractivity contribution in [1.29, 1.82) is 0 Å². The summed E-state index contributed by atoms with van der Waals surface area (Å²) in [6, 6.07) is 40.3. The largest absolute Gasteiger partial charge is 0.489 e. The number of amides is 1. The smallest absolute Gasteiger partial charge is 0.227 e. The first kappa shape index (κ1) is 40.4. The van der Waals surface area contributed by atoms with Gasteiger partial charge >= 0.3 is 0 Å². The number of ether oxygens (including phenoxy) is 3. The SMILES string of the molecule is C=CCOc1ccc2ccccc2c1-c1c(OCC(=O)C[C@H](CCCCl)C(=O)Nc2cccc(C(=O)COCc3ccccc3)c2)ccc2ccccc12.N. The summed E-state index contributed by atoms with van der Waals surface area (Å²) in [5.74, 6) is 0.130. The number of hydrogen-bond donors (Lipinski definition) is 2. The van der Waals surface area contributed by atoms with Gasteiger partial charge in [0.05, 0.1) is 6.61 Å². The van der Waals surface area contributed by atoms with E-state index < -0.39 is 5.92 Å². The fourth-order valence-corrected chi connectivity index (χ4v) is 6.64. The molecule has 55 heavy (non-hydrogen) atoms. The van der Waals surface area contributed by atoms with Crippen molar-refractivity contribution >= 4 is 56.3 Å². The third-order valence-corrected chi connectivity index (χ3v) is 9.37. The maximum absolute atomic E-state index is 13.6. The van der Waals surface area contributed by atoms with Crippen LogP contribution in [0.2, 0.25) is 0 Å². The van der Waals surface area contributed by atoms with E-state index in [0.717, 1.165) is 38.2 Å². The molecule has 0 saturated heterocycles. The molecule has 0 spiro atoms.